The summed E-state index contributed by atoms with van der Waals surface area (Å²) in [6.07, 6.45) is 6.12. The number of nitrogens with one attached hydrogen (secondary N) is 1. The van der Waals surface area contributed by atoms with E-state index in [0.29, 0.717) is 11.4 Å². The van der Waals surface area contributed by atoms with Gasteiger partial charge in [-0.05, 0) is 30.4 Å². The molecule has 1 fully saturated rings. The van der Waals surface area contributed by atoms with Crippen LogP contribution in [-0.2, 0) is 13.5 Å². The first-order chi connectivity index (χ1) is 7.50. The Morgan fingerprint density at radius 1 is 1.62 bits per heavy atom. The third kappa shape index (κ3) is 2.25. The highest BCUT2D eigenvalue weighted by molar-refractivity contribution is 6.21. The molecule has 1 saturated carbocycles. The maximum absolute atomic E-state index is 6.18. The maximum Gasteiger partial charge on any atom is 0.0522 e. The highest BCUT2D eigenvalue weighted by Gasteiger charge is 2.46. The lowest BCUT2D eigenvalue weighted by atomic mass is 9.67. The van der Waals surface area contributed by atoms with Gasteiger partial charge in [-0.3, -0.25) is 4.68 Å². The van der Waals surface area contributed by atoms with Gasteiger partial charge in [0.05, 0.1) is 6.20 Å². The summed E-state index contributed by atoms with van der Waals surface area (Å²) in [7, 11) is 1.95. The molecule has 0 aliphatic heterocycles. The van der Waals surface area contributed by atoms with Crippen LogP contribution in [0.1, 0.15) is 25.8 Å². The summed E-state index contributed by atoms with van der Waals surface area (Å²) in [5, 5.41) is 8.06. The van der Waals surface area contributed by atoms with Gasteiger partial charge in [0.15, 0.2) is 0 Å². The fourth-order valence-corrected chi connectivity index (χ4v) is 2.54. The second kappa shape index (κ2) is 4.38. The molecule has 0 amide bonds. The van der Waals surface area contributed by atoms with E-state index in [9.17, 15) is 0 Å². The Balaban J connectivity index is 1.73. The smallest absolute Gasteiger partial charge is 0.0522 e. The van der Waals surface area contributed by atoms with Crippen LogP contribution in [0.2, 0.25) is 0 Å². The van der Waals surface area contributed by atoms with E-state index in [4.69, 9.17) is 11.6 Å². The molecule has 90 valence electrons. The Morgan fingerprint density at radius 3 is 2.88 bits per heavy atom. The van der Waals surface area contributed by atoms with Crippen molar-refractivity contribution >= 4 is 11.6 Å². The van der Waals surface area contributed by atoms with E-state index in [2.05, 4.69) is 30.5 Å². The van der Waals surface area contributed by atoms with Gasteiger partial charge in [-0.1, -0.05) is 13.8 Å². The zero-order valence-electron chi connectivity index (χ0n) is 10.2. The van der Waals surface area contributed by atoms with E-state index >= 15 is 0 Å². The Kier molecular flexibility index (Phi) is 3.27. The van der Waals surface area contributed by atoms with Crippen molar-refractivity contribution in [1.29, 1.82) is 0 Å². The van der Waals surface area contributed by atoms with Crippen molar-refractivity contribution in [3.63, 3.8) is 0 Å². The largest absolute Gasteiger partial charge is 0.313 e. The first kappa shape index (κ1) is 11.9. The standard InChI is InChI=1S/C12H20ClN3/c1-12(2)10(13)6-11(12)14-5-4-9-7-15-16(3)8-9/h7-8,10-11,14H,4-6H2,1-3H3. The molecule has 2 atom stereocenters. The zero-order valence-corrected chi connectivity index (χ0v) is 11.0. The molecule has 2 unspecified atom stereocenters. The van der Waals surface area contributed by atoms with Gasteiger partial charge < -0.3 is 5.32 Å². The molecule has 1 aromatic heterocycles. The van der Waals surface area contributed by atoms with Crippen molar-refractivity contribution in [2.75, 3.05) is 6.54 Å². The average molecular weight is 242 g/mol. The van der Waals surface area contributed by atoms with Crippen LogP contribution in [0.15, 0.2) is 12.4 Å². The number of rotatable bonds is 4. The van der Waals surface area contributed by atoms with E-state index in [0.717, 1.165) is 19.4 Å². The number of aryl methyl sites for hydroxylation is 1. The molecule has 1 aliphatic rings. The average Bonchev–Trinajstić information content (AvgIpc) is 2.63. The topological polar surface area (TPSA) is 29.9 Å². The Bertz CT molecular complexity index is 359. The number of hydrogen-bond acceptors (Lipinski definition) is 2. The molecule has 16 heavy (non-hydrogen) atoms. The summed E-state index contributed by atoms with van der Waals surface area (Å²) >= 11 is 6.18. The van der Waals surface area contributed by atoms with E-state index < -0.39 is 0 Å². The highest BCUT2D eigenvalue weighted by atomic mass is 35.5. The molecule has 1 aromatic rings. The monoisotopic (exact) mass is 241 g/mol. The number of nitrogens with zero attached hydrogens (tertiary/aromatic N) is 2. The quantitative estimate of drug-likeness (QED) is 0.817. The summed E-state index contributed by atoms with van der Waals surface area (Å²) in [5.74, 6) is 0. The SMILES string of the molecule is Cn1cc(CCNC2CC(Cl)C2(C)C)cn1. The number of alkyl halides is 1. The molecule has 0 radical (unpaired) electrons. The predicted molar refractivity (Wildman–Crippen MR) is 66.7 cm³/mol. The van der Waals surface area contributed by atoms with Gasteiger partial charge in [-0.2, -0.15) is 5.10 Å². The molecular weight excluding hydrogens is 222 g/mol. The third-order valence-electron chi connectivity index (χ3n) is 3.71. The minimum Gasteiger partial charge on any atom is -0.313 e. The van der Waals surface area contributed by atoms with Gasteiger partial charge in [0.25, 0.3) is 0 Å². The molecule has 3 nitrogen and oxygen atoms in total. The minimum atomic E-state index is 0.233. The summed E-state index contributed by atoms with van der Waals surface area (Å²) in [6.45, 7) is 5.47. The fraction of sp³-hybridized carbons (Fsp3) is 0.750. The van der Waals surface area contributed by atoms with Crippen molar-refractivity contribution in [1.82, 2.24) is 15.1 Å². The van der Waals surface area contributed by atoms with Crippen molar-refractivity contribution < 1.29 is 0 Å². The van der Waals surface area contributed by atoms with Gasteiger partial charge in [-0.25, -0.2) is 0 Å². The highest BCUT2D eigenvalue weighted by Crippen LogP contribution is 2.44. The second-order valence-electron chi connectivity index (χ2n) is 5.30. The van der Waals surface area contributed by atoms with E-state index in [1.54, 1.807) is 0 Å². The van der Waals surface area contributed by atoms with Gasteiger partial charge >= 0.3 is 0 Å². The van der Waals surface area contributed by atoms with Crippen LogP contribution in [0.25, 0.3) is 0 Å². The van der Waals surface area contributed by atoms with Crippen molar-refractivity contribution in [2.24, 2.45) is 12.5 Å². The van der Waals surface area contributed by atoms with E-state index in [1.165, 1.54) is 5.56 Å². The molecule has 0 bridgehead atoms. The molecule has 0 spiro atoms. The first-order valence-corrected chi connectivity index (χ1v) is 6.29. The van der Waals surface area contributed by atoms with Crippen LogP contribution in [0.4, 0.5) is 0 Å². The molecule has 1 N–H and O–H groups in total. The Labute approximate surface area is 102 Å². The van der Waals surface area contributed by atoms with Gasteiger partial charge in [-0.15, -0.1) is 11.6 Å². The van der Waals surface area contributed by atoms with E-state index in [-0.39, 0.29) is 5.41 Å². The van der Waals surface area contributed by atoms with Crippen molar-refractivity contribution in [3.05, 3.63) is 18.0 Å². The lowest BCUT2D eigenvalue weighted by molar-refractivity contribution is 0.118. The Morgan fingerprint density at radius 2 is 2.38 bits per heavy atom. The molecular formula is C12H20ClN3. The van der Waals surface area contributed by atoms with Crippen LogP contribution in [0.3, 0.4) is 0 Å². The first-order valence-electron chi connectivity index (χ1n) is 5.85. The summed E-state index contributed by atoms with van der Waals surface area (Å²) in [5.41, 5.74) is 1.52. The van der Waals surface area contributed by atoms with Crippen molar-refractivity contribution in [2.45, 2.75) is 38.1 Å². The Hall–Kier alpha value is -0.540. The zero-order chi connectivity index (χ0) is 11.8. The van der Waals surface area contributed by atoms with Crippen molar-refractivity contribution in [3.8, 4) is 0 Å². The van der Waals surface area contributed by atoms with Crippen LogP contribution >= 0.6 is 11.6 Å². The third-order valence-corrected chi connectivity index (χ3v) is 4.45. The van der Waals surface area contributed by atoms with Crippen LogP contribution in [-0.4, -0.2) is 27.7 Å². The molecule has 0 aromatic carbocycles. The van der Waals surface area contributed by atoms with Gasteiger partial charge in [0.2, 0.25) is 0 Å². The van der Waals surface area contributed by atoms with E-state index in [1.807, 2.05) is 17.9 Å². The van der Waals surface area contributed by atoms with Crippen LogP contribution in [0, 0.1) is 5.41 Å². The van der Waals surface area contributed by atoms with Gasteiger partial charge in [0.1, 0.15) is 0 Å². The molecule has 1 heterocycles. The molecule has 4 heteroatoms. The normalized spacial score (nSPS) is 27.8. The molecule has 1 aliphatic carbocycles. The number of hydrogen-bond donors (Lipinski definition) is 1. The van der Waals surface area contributed by atoms with Crippen LogP contribution < -0.4 is 5.32 Å². The maximum atomic E-state index is 6.18. The second-order valence-corrected chi connectivity index (χ2v) is 5.83. The summed E-state index contributed by atoms with van der Waals surface area (Å²) in [4.78, 5) is 0. The number of aromatic nitrogens is 2. The number of halogens is 1. The minimum absolute atomic E-state index is 0.233. The lowest BCUT2D eigenvalue weighted by Crippen LogP contribution is -2.58. The molecule has 0 saturated heterocycles. The summed E-state index contributed by atoms with van der Waals surface area (Å²) in [6, 6.07) is 0.562. The van der Waals surface area contributed by atoms with Gasteiger partial charge in [0, 0.05) is 24.7 Å². The molecule has 2 rings (SSSR count). The fourth-order valence-electron chi connectivity index (χ4n) is 2.21. The lowest BCUT2D eigenvalue weighted by Gasteiger charge is -2.49. The predicted octanol–water partition coefficient (Wildman–Crippen LogP) is 1.96. The van der Waals surface area contributed by atoms with Crippen LogP contribution in [0.5, 0.6) is 0 Å². The summed E-state index contributed by atoms with van der Waals surface area (Å²) < 4.78 is 1.84.